The zero-order valence-electron chi connectivity index (χ0n) is 37.4. The van der Waals surface area contributed by atoms with Crippen molar-refractivity contribution >= 4 is 29.5 Å². The van der Waals surface area contributed by atoms with Gasteiger partial charge in [0.1, 0.15) is 12.1 Å². The molecule has 9 atom stereocenters. The van der Waals surface area contributed by atoms with Gasteiger partial charge in [0.05, 0.1) is 49.3 Å². The first-order valence-electron chi connectivity index (χ1n) is 21.4. The largest absolute Gasteiger partial charge is 0.379 e. The highest BCUT2D eigenvalue weighted by atomic mass is 16.7. The van der Waals surface area contributed by atoms with Crippen LogP contribution in [0.3, 0.4) is 0 Å². The minimum absolute atomic E-state index is 0.00881. The van der Waals surface area contributed by atoms with Gasteiger partial charge < -0.3 is 29.9 Å². The summed E-state index contributed by atoms with van der Waals surface area (Å²) in [5.74, 6) is -2.12. The number of nitrogens with zero attached hydrogens (tertiary/aromatic N) is 4. The molecule has 2 N–H and O–H groups in total. The van der Waals surface area contributed by atoms with Gasteiger partial charge in [0.2, 0.25) is 23.6 Å². The maximum atomic E-state index is 14.3. The van der Waals surface area contributed by atoms with E-state index in [-0.39, 0.29) is 53.7 Å². The summed E-state index contributed by atoms with van der Waals surface area (Å²) in [5, 5.41) is 7.42. The molecule has 0 spiro atoms. The highest BCUT2D eigenvalue weighted by molar-refractivity contribution is 5.90. The van der Waals surface area contributed by atoms with Gasteiger partial charge in [-0.15, -0.1) is 0 Å². The molecule has 1 aromatic rings. The molecule has 2 aliphatic heterocycles. The zero-order chi connectivity index (χ0) is 43.3. The van der Waals surface area contributed by atoms with Crippen LogP contribution in [-0.2, 0) is 44.7 Å². The summed E-state index contributed by atoms with van der Waals surface area (Å²) in [4.78, 5) is 80.8. The van der Waals surface area contributed by atoms with Crippen LogP contribution in [0, 0.1) is 23.7 Å². The molecule has 0 radical (unpaired) electrons. The summed E-state index contributed by atoms with van der Waals surface area (Å²) < 4.78 is 12.1. The minimum atomic E-state index is -0.845. The average Bonchev–Trinajstić information content (AvgIpc) is 3.69. The average molecular weight is 815 g/mol. The molecule has 2 heterocycles. The predicted molar refractivity (Wildman–Crippen MR) is 224 cm³/mol. The molecule has 1 aromatic carbocycles. The van der Waals surface area contributed by atoms with Gasteiger partial charge in [-0.2, -0.15) is 0 Å². The van der Waals surface area contributed by atoms with E-state index in [0.717, 1.165) is 31.2 Å². The Morgan fingerprint density at radius 2 is 1.53 bits per heavy atom. The van der Waals surface area contributed by atoms with E-state index >= 15 is 0 Å². The predicted octanol–water partition coefficient (Wildman–Crippen LogP) is 3.92. The van der Waals surface area contributed by atoms with Crippen molar-refractivity contribution in [1.82, 2.24) is 30.4 Å². The first kappa shape index (κ1) is 48.8. The highest BCUT2D eigenvalue weighted by Gasteiger charge is 2.44. The standard InChI is InChI=1S/C44H74N6O8/c1-13-30(6)39(48(10)44(55)37(28(2)3)46-42(53)38(29(4)5)47(8)9)35(56-11)27-36(51)49-23-19-22-34(49)40(57-12)31(7)41(52)45-33(26-32-20-15-14-16-21-32)43(54)50-24-17-18-25-58-50/h14-16,20-21,28-31,33-35,37-40H,13,17-19,22-27H2,1-12H3,(H,45,52)(H,46,53)/t30-,31+,33-,34-,35+,37-,38-,39-,40+/m0/s1. The normalized spacial score (nSPS) is 20.2. The summed E-state index contributed by atoms with van der Waals surface area (Å²) in [5.41, 5.74) is 0.908. The molecule has 0 unspecified atom stereocenters. The number of benzene rings is 1. The van der Waals surface area contributed by atoms with Crippen LogP contribution < -0.4 is 10.6 Å². The van der Waals surface area contributed by atoms with E-state index in [4.69, 9.17) is 14.3 Å². The number of likely N-dealkylation sites (N-methyl/N-ethyl adjacent to an activating group) is 2. The number of ether oxygens (including phenoxy) is 2. The maximum absolute atomic E-state index is 14.3. The van der Waals surface area contributed by atoms with E-state index < -0.39 is 48.3 Å². The third-order valence-electron chi connectivity index (χ3n) is 12.1. The second-order valence-corrected chi connectivity index (χ2v) is 17.2. The monoisotopic (exact) mass is 815 g/mol. The Labute approximate surface area is 348 Å². The molecule has 58 heavy (non-hydrogen) atoms. The van der Waals surface area contributed by atoms with Crippen molar-refractivity contribution in [2.45, 2.75) is 136 Å². The number of hydroxylamine groups is 2. The molecule has 14 nitrogen and oxygen atoms in total. The lowest BCUT2D eigenvalue weighted by atomic mass is 9.89. The summed E-state index contributed by atoms with van der Waals surface area (Å²) in [6, 6.07) is 6.68. The molecule has 0 bridgehead atoms. The van der Waals surface area contributed by atoms with Gasteiger partial charge in [-0.3, -0.25) is 33.7 Å². The minimum Gasteiger partial charge on any atom is -0.379 e. The smallest absolute Gasteiger partial charge is 0.269 e. The molecule has 0 aromatic heterocycles. The van der Waals surface area contributed by atoms with E-state index in [1.54, 1.807) is 38.0 Å². The quantitative estimate of drug-likeness (QED) is 0.189. The summed E-state index contributed by atoms with van der Waals surface area (Å²) in [6.45, 7) is 15.1. The summed E-state index contributed by atoms with van der Waals surface area (Å²) in [7, 11) is 8.55. The van der Waals surface area contributed by atoms with Crippen molar-refractivity contribution in [3.63, 3.8) is 0 Å². The van der Waals surface area contributed by atoms with E-state index in [9.17, 15) is 24.0 Å². The Morgan fingerprint density at radius 1 is 0.862 bits per heavy atom. The zero-order valence-corrected chi connectivity index (χ0v) is 37.4. The lowest BCUT2D eigenvalue weighted by molar-refractivity contribution is -0.199. The van der Waals surface area contributed by atoms with E-state index in [2.05, 4.69) is 10.6 Å². The Morgan fingerprint density at radius 3 is 2.07 bits per heavy atom. The van der Waals surface area contributed by atoms with Gasteiger partial charge in [0, 0.05) is 40.8 Å². The number of nitrogens with one attached hydrogen (secondary N) is 2. The van der Waals surface area contributed by atoms with E-state index in [1.807, 2.05) is 90.9 Å². The van der Waals surface area contributed by atoms with Crippen molar-refractivity contribution in [2.75, 3.05) is 55.1 Å². The Hall–Kier alpha value is -3.59. The van der Waals surface area contributed by atoms with Gasteiger partial charge in [-0.1, -0.05) is 85.2 Å². The van der Waals surface area contributed by atoms with Crippen LogP contribution in [0.2, 0.25) is 0 Å². The Kier molecular flexibility index (Phi) is 19.6. The number of likely N-dealkylation sites (tertiary alicyclic amines) is 1. The number of rotatable bonds is 21. The molecule has 0 aliphatic carbocycles. The first-order chi connectivity index (χ1) is 27.5. The van der Waals surface area contributed by atoms with E-state index in [1.165, 1.54) is 5.06 Å². The molecule has 3 rings (SSSR count). The number of methoxy groups -OCH3 is 2. The fraction of sp³-hybridized carbons (Fsp3) is 0.750. The van der Waals surface area contributed by atoms with Gasteiger partial charge in [-0.05, 0) is 63.1 Å². The highest BCUT2D eigenvalue weighted by Crippen LogP contribution is 2.30. The molecule has 14 heteroatoms. The van der Waals surface area contributed by atoms with Crippen molar-refractivity contribution in [2.24, 2.45) is 23.7 Å². The van der Waals surface area contributed by atoms with Crippen molar-refractivity contribution in [3.05, 3.63) is 35.9 Å². The number of hydrogen-bond acceptors (Lipinski definition) is 9. The number of carbonyl (C=O) groups excluding carboxylic acids is 5. The second kappa shape index (κ2) is 23.3. The maximum Gasteiger partial charge on any atom is 0.269 e. The topological polar surface area (TPSA) is 150 Å². The third kappa shape index (κ3) is 12.7. The first-order valence-corrected chi connectivity index (χ1v) is 21.4. The molecular weight excluding hydrogens is 741 g/mol. The summed E-state index contributed by atoms with van der Waals surface area (Å²) in [6.07, 6.45) is 2.82. The van der Waals surface area contributed by atoms with Gasteiger partial charge >= 0.3 is 0 Å². The van der Waals surface area contributed by atoms with Crippen LogP contribution in [-0.4, -0.2) is 147 Å². The molecule has 328 valence electrons. The van der Waals surface area contributed by atoms with Crippen molar-refractivity contribution in [3.8, 4) is 0 Å². The molecule has 0 saturated carbocycles. The van der Waals surface area contributed by atoms with Gasteiger partial charge in [0.15, 0.2) is 0 Å². The number of carbonyl (C=O) groups is 5. The number of hydrogen-bond donors (Lipinski definition) is 2. The fourth-order valence-corrected chi connectivity index (χ4v) is 8.71. The molecule has 2 fully saturated rings. The lowest BCUT2D eigenvalue weighted by Gasteiger charge is -2.41. The van der Waals surface area contributed by atoms with Crippen LogP contribution in [0.25, 0.3) is 0 Å². The fourth-order valence-electron chi connectivity index (χ4n) is 8.71. The van der Waals surface area contributed by atoms with Gasteiger partial charge in [-0.25, -0.2) is 5.06 Å². The Balaban J connectivity index is 1.80. The molecule has 2 aliphatic rings. The SMILES string of the molecule is CC[C@H](C)[C@@H]([C@@H](CC(=O)N1CCC[C@H]1[C@H](OC)[C@@H](C)C(=O)N[C@@H](Cc1ccccc1)C(=O)N1CCCCO1)OC)N(C)C(=O)[C@@H](NC(=O)[C@H](C(C)C)N(C)C)C(C)C. The van der Waals surface area contributed by atoms with Crippen LogP contribution in [0.4, 0.5) is 0 Å². The van der Waals surface area contributed by atoms with Crippen LogP contribution >= 0.6 is 0 Å². The van der Waals surface area contributed by atoms with E-state index in [0.29, 0.717) is 32.5 Å². The summed E-state index contributed by atoms with van der Waals surface area (Å²) >= 11 is 0. The molecular formula is C44H74N6O8. The second-order valence-electron chi connectivity index (χ2n) is 17.2. The molecule has 5 amide bonds. The third-order valence-corrected chi connectivity index (χ3v) is 12.1. The van der Waals surface area contributed by atoms with Crippen LogP contribution in [0.1, 0.15) is 92.6 Å². The van der Waals surface area contributed by atoms with Crippen LogP contribution in [0.5, 0.6) is 0 Å². The van der Waals surface area contributed by atoms with Crippen LogP contribution in [0.15, 0.2) is 30.3 Å². The number of amides is 5. The van der Waals surface area contributed by atoms with Crippen molar-refractivity contribution in [1.29, 1.82) is 0 Å². The van der Waals surface area contributed by atoms with Crippen molar-refractivity contribution < 1.29 is 38.3 Å². The van der Waals surface area contributed by atoms with Gasteiger partial charge in [0.25, 0.3) is 5.91 Å². The Bertz CT molecular complexity index is 1460. The lowest BCUT2D eigenvalue weighted by Crippen LogP contribution is -2.59. The molecule has 2 saturated heterocycles.